The number of aryl methyl sites for hydroxylation is 1. The fourth-order valence-electron chi connectivity index (χ4n) is 2.55. The van der Waals surface area contributed by atoms with Gasteiger partial charge >= 0.3 is 0 Å². The molecule has 1 fully saturated rings. The average Bonchev–Trinajstić information content (AvgIpc) is 2.46. The normalized spacial score (nSPS) is 16.7. The summed E-state index contributed by atoms with van der Waals surface area (Å²) in [5.41, 5.74) is 2.36. The zero-order valence-corrected chi connectivity index (χ0v) is 11.0. The van der Waals surface area contributed by atoms with Crippen LogP contribution in [0.15, 0.2) is 24.4 Å². The number of pyridine rings is 2. The highest BCUT2D eigenvalue weighted by molar-refractivity contribution is 5.98. The Balaban J connectivity index is 1.93. The van der Waals surface area contributed by atoms with E-state index in [1.807, 2.05) is 25.1 Å². The van der Waals surface area contributed by atoms with Crippen molar-refractivity contribution in [3.8, 4) is 0 Å². The number of ketones is 1. The molecule has 1 aliphatic rings. The van der Waals surface area contributed by atoms with Crippen LogP contribution in [0.4, 0.5) is 0 Å². The molecule has 0 aromatic carbocycles. The van der Waals surface area contributed by atoms with Crippen molar-refractivity contribution < 1.29 is 4.79 Å². The molecule has 0 unspecified atom stereocenters. The first-order valence-electron chi connectivity index (χ1n) is 6.72. The van der Waals surface area contributed by atoms with Gasteiger partial charge in [-0.2, -0.15) is 0 Å². The minimum Gasteiger partial charge on any atom is -0.317 e. The molecule has 4 nitrogen and oxygen atoms in total. The highest BCUT2D eigenvalue weighted by Gasteiger charge is 2.23. The van der Waals surface area contributed by atoms with E-state index in [0.717, 1.165) is 42.5 Å². The maximum Gasteiger partial charge on any atom is 0.184 e. The Kier molecular flexibility index (Phi) is 3.25. The van der Waals surface area contributed by atoms with Crippen LogP contribution < -0.4 is 5.32 Å². The van der Waals surface area contributed by atoms with E-state index in [9.17, 15) is 4.79 Å². The van der Waals surface area contributed by atoms with Gasteiger partial charge < -0.3 is 5.32 Å². The van der Waals surface area contributed by atoms with Gasteiger partial charge in [-0.3, -0.25) is 9.78 Å². The average molecular weight is 255 g/mol. The van der Waals surface area contributed by atoms with Crippen LogP contribution in [-0.2, 0) is 0 Å². The number of rotatable bonds is 2. The zero-order valence-electron chi connectivity index (χ0n) is 11.0. The Morgan fingerprint density at radius 1 is 1.32 bits per heavy atom. The van der Waals surface area contributed by atoms with E-state index < -0.39 is 0 Å². The van der Waals surface area contributed by atoms with Crippen LogP contribution in [0.2, 0.25) is 0 Å². The van der Waals surface area contributed by atoms with Crippen molar-refractivity contribution in [3.63, 3.8) is 0 Å². The molecule has 4 heteroatoms. The lowest BCUT2D eigenvalue weighted by atomic mass is 9.91. The highest BCUT2D eigenvalue weighted by Crippen LogP contribution is 2.19. The van der Waals surface area contributed by atoms with Crippen molar-refractivity contribution in [1.82, 2.24) is 15.3 Å². The molecule has 2 aromatic rings. The largest absolute Gasteiger partial charge is 0.317 e. The summed E-state index contributed by atoms with van der Waals surface area (Å²) < 4.78 is 0. The third kappa shape index (κ3) is 2.49. The fourth-order valence-corrected chi connectivity index (χ4v) is 2.55. The first-order valence-corrected chi connectivity index (χ1v) is 6.72. The fraction of sp³-hybridized carbons (Fsp3) is 0.400. The quantitative estimate of drug-likeness (QED) is 0.835. The maximum absolute atomic E-state index is 12.4. The summed E-state index contributed by atoms with van der Waals surface area (Å²) in [6.45, 7) is 3.78. The second-order valence-electron chi connectivity index (χ2n) is 5.10. The van der Waals surface area contributed by atoms with Crippen molar-refractivity contribution in [2.75, 3.05) is 13.1 Å². The number of fused-ring (bicyclic) bond motifs is 1. The van der Waals surface area contributed by atoms with Gasteiger partial charge in [-0.15, -0.1) is 0 Å². The van der Waals surface area contributed by atoms with Gasteiger partial charge in [-0.05, 0) is 51.1 Å². The lowest BCUT2D eigenvalue weighted by Gasteiger charge is -2.21. The lowest BCUT2D eigenvalue weighted by molar-refractivity contribution is 0.0890. The first-order chi connectivity index (χ1) is 9.24. The van der Waals surface area contributed by atoms with Crippen LogP contribution in [0, 0.1) is 12.8 Å². The highest BCUT2D eigenvalue weighted by atomic mass is 16.1. The van der Waals surface area contributed by atoms with Gasteiger partial charge in [0.15, 0.2) is 5.78 Å². The molecule has 3 rings (SSSR count). The molecule has 3 heterocycles. The predicted molar refractivity (Wildman–Crippen MR) is 74.2 cm³/mol. The third-order valence-corrected chi connectivity index (χ3v) is 3.67. The summed E-state index contributed by atoms with van der Waals surface area (Å²) in [5, 5.41) is 4.26. The molecule has 1 saturated heterocycles. The summed E-state index contributed by atoms with van der Waals surface area (Å²) >= 11 is 0. The minimum absolute atomic E-state index is 0.120. The van der Waals surface area contributed by atoms with Crippen molar-refractivity contribution >= 4 is 16.7 Å². The van der Waals surface area contributed by atoms with Crippen LogP contribution in [0.1, 0.15) is 29.0 Å². The van der Waals surface area contributed by atoms with Crippen molar-refractivity contribution in [3.05, 3.63) is 35.8 Å². The van der Waals surface area contributed by atoms with E-state index in [1.54, 1.807) is 6.20 Å². The molecule has 0 spiro atoms. The van der Waals surface area contributed by atoms with Crippen molar-refractivity contribution in [2.24, 2.45) is 5.92 Å². The monoisotopic (exact) mass is 255 g/mol. The number of piperidine rings is 1. The molecule has 0 aliphatic carbocycles. The van der Waals surface area contributed by atoms with Gasteiger partial charge in [0.05, 0.1) is 5.52 Å². The Morgan fingerprint density at radius 2 is 2.11 bits per heavy atom. The van der Waals surface area contributed by atoms with Gasteiger partial charge in [0, 0.05) is 23.2 Å². The molecule has 0 radical (unpaired) electrons. The van der Waals surface area contributed by atoms with Gasteiger partial charge in [-0.25, -0.2) is 4.98 Å². The van der Waals surface area contributed by atoms with Crippen LogP contribution >= 0.6 is 0 Å². The van der Waals surface area contributed by atoms with E-state index in [-0.39, 0.29) is 11.7 Å². The topological polar surface area (TPSA) is 54.9 Å². The van der Waals surface area contributed by atoms with Crippen molar-refractivity contribution in [1.29, 1.82) is 0 Å². The zero-order chi connectivity index (χ0) is 13.2. The number of nitrogens with zero attached hydrogens (tertiary/aromatic N) is 2. The van der Waals surface area contributed by atoms with Crippen LogP contribution in [-0.4, -0.2) is 28.8 Å². The molecule has 0 bridgehead atoms. The number of carbonyl (C=O) groups excluding carboxylic acids is 1. The van der Waals surface area contributed by atoms with E-state index in [1.165, 1.54) is 0 Å². The molecule has 0 atom stereocenters. The van der Waals surface area contributed by atoms with E-state index in [2.05, 4.69) is 15.3 Å². The van der Waals surface area contributed by atoms with E-state index in [0.29, 0.717) is 5.69 Å². The van der Waals surface area contributed by atoms with Gasteiger partial charge in [-0.1, -0.05) is 0 Å². The molecule has 0 amide bonds. The maximum atomic E-state index is 12.4. The Morgan fingerprint density at radius 3 is 2.89 bits per heavy atom. The molecular weight excluding hydrogens is 238 g/mol. The Hall–Kier alpha value is -1.81. The van der Waals surface area contributed by atoms with Crippen LogP contribution in [0.3, 0.4) is 0 Å². The molecule has 0 saturated carbocycles. The standard InChI is InChI=1S/C15H17N3O/c1-10-8-14-12(9-17-10)2-3-13(18-14)15(19)11-4-6-16-7-5-11/h2-3,8-9,11,16H,4-7H2,1H3. The number of hydrogen-bond donors (Lipinski definition) is 1. The number of aromatic nitrogens is 2. The number of nitrogens with one attached hydrogen (secondary N) is 1. The van der Waals surface area contributed by atoms with Crippen molar-refractivity contribution in [2.45, 2.75) is 19.8 Å². The Bertz CT molecular complexity index is 618. The second-order valence-corrected chi connectivity index (χ2v) is 5.10. The van der Waals surface area contributed by atoms with E-state index in [4.69, 9.17) is 0 Å². The number of carbonyl (C=O) groups is 1. The summed E-state index contributed by atoms with van der Waals surface area (Å²) in [6.07, 6.45) is 3.62. The number of hydrogen-bond acceptors (Lipinski definition) is 4. The van der Waals surface area contributed by atoms with Gasteiger partial charge in [0.1, 0.15) is 5.69 Å². The summed E-state index contributed by atoms with van der Waals surface area (Å²) in [4.78, 5) is 21.2. The first kappa shape index (κ1) is 12.2. The molecule has 19 heavy (non-hydrogen) atoms. The minimum atomic E-state index is 0.120. The third-order valence-electron chi connectivity index (χ3n) is 3.67. The smallest absolute Gasteiger partial charge is 0.184 e. The number of Topliss-reactive ketones (excluding diaryl/α,β-unsaturated/α-hetero) is 1. The van der Waals surface area contributed by atoms with Crippen LogP contribution in [0.25, 0.3) is 10.9 Å². The molecule has 98 valence electrons. The molecular formula is C15H17N3O. The molecule has 2 aromatic heterocycles. The van der Waals surface area contributed by atoms with E-state index >= 15 is 0 Å². The summed E-state index contributed by atoms with van der Waals surface area (Å²) in [7, 11) is 0. The lowest BCUT2D eigenvalue weighted by Crippen LogP contribution is -2.32. The SMILES string of the molecule is Cc1cc2nc(C(=O)C3CCNCC3)ccc2cn1. The predicted octanol–water partition coefficient (Wildman–Crippen LogP) is 2.12. The molecule has 1 aliphatic heterocycles. The summed E-state index contributed by atoms with van der Waals surface area (Å²) in [6, 6.07) is 5.68. The molecule has 1 N–H and O–H groups in total. The second kappa shape index (κ2) is 5.05. The van der Waals surface area contributed by atoms with Crippen LogP contribution in [0.5, 0.6) is 0 Å². The Labute approximate surface area is 112 Å². The van der Waals surface area contributed by atoms with Gasteiger partial charge in [0.2, 0.25) is 0 Å². The summed E-state index contributed by atoms with van der Waals surface area (Å²) in [5.74, 6) is 0.298. The van der Waals surface area contributed by atoms with Gasteiger partial charge in [0.25, 0.3) is 0 Å².